The molecule has 2 rings (SSSR count). The summed E-state index contributed by atoms with van der Waals surface area (Å²) < 4.78 is 26.8. The first-order chi connectivity index (χ1) is 9.91. The van der Waals surface area contributed by atoms with Crippen LogP contribution >= 0.6 is 0 Å². The van der Waals surface area contributed by atoms with E-state index < -0.39 is 17.0 Å². The van der Waals surface area contributed by atoms with Crippen molar-refractivity contribution in [2.24, 2.45) is 11.1 Å². The maximum absolute atomic E-state index is 13.8. The molecule has 0 radical (unpaired) electrons. The Labute approximate surface area is 124 Å². The van der Waals surface area contributed by atoms with Crippen LogP contribution in [0.2, 0.25) is 0 Å². The van der Waals surface area contributed by atoms with Gasteiger partial charge in [0.05, 0.1) is 5.41 Å². The number of halogens is 2. The number of carbonyl (C=O) groups is 1. The van der Waals surface area contributed by atoms with Gasteiger partial charge in [0.25, 0.3) is 0 Å². The first-order valence-corrected chi connectivity index (χ1v) is 7.36. The van der Waals surface area contributed by atoms with Crippen molar-refractivity contribution in [3.8, 4) is 0 Å². The Kier molecular flexibility index (Phi) is 4.61. The molecule has 1 saturated carbocycles. The Morgan fingerprint density at radius 2 is 2.10 bits per heavy atom. The van der Waals surface area contributed by atoms with Crippen molar-refractivity contribution in [3.63, 3.8) is 0 Å². The van der Waals surface area contributed by atoms with Crippen LogP contribution in [0.25, 0.3) is 0 Å². The van der Waals surface area contributed by atoms with Gasteiger partial charge < -0.3 is 10.6 Å². The standard InChI is InChI=1S/C16H22F2N2O/c1-3-16(2,10-19)15(21)20(13-6-7-13)9-11-4-5-12(17)8-14(11)18/h4-5,8,13H,3,6-7,9-10,19H2,1-2H3. The Balaban J connectivity index is 2.22. The molecule has 0 spiro atoms. The van der Waals surface area contributed by atoms with E-state index in [4.69, 9.17) is 5.73 Å². The van der Waals surface area contributed by atoms with Gasteiger partial charge in [-0.15, -0.1) is 0 Å². The predicted molar refractivity (Wildman–Crippen MR) is 77.4 cm³/mol. The molecule has 1 aliphatic carbocycles. The molecular formula is C16H22F2N2O. The number of amides is 1. The van der Waals surface area contributed by atoms with Crippen LogP contribution in [-0.4, -0.2) is 23.4 Å². The van der Waals surface area contributed by atoms with Gasteiger partial charge in [0, 0.05) is 30.8 Å². The van der Waals surface area contributed by atoms with E-state index in [9.17, 15) is 13.6 Å². The van der Waals surface area contributed by atoms with Gasteiger partial charge in [0.2, 0.25) is 5.91 Å². The zero-order valence-electron chi connectivity index (χ0n) is 12.5. The molecule has 0 saturated heterocycles. The first kappa shape index (κ1) is 15.9. The minimum Gasteiger partial charge on any atom is -0.335 e. The fourth-order valence-corrected chi connectivity index (χ4v) is 2.32. The van der Waals surface area contributed by atoms with Crippen molar-refractivity contribution in [2.45, 2.75) is 45.7 Å². The maximum Gasteiger partial charge on any atom is 0.230 e. The minimum atomic E-state index is -0.626. The van der Waals surface area contributed by atoms with Crippen molar-refractivity contribution in [3.05, 3.63) is 35.4 Å². The Morgan fingerprint density at radius 1 is 1.43 bits per heavy atom. The highest BCUT2D eigenvalue weighted by Crippen LogP contribution is 2.34. The molecule has 1 aromatic carbocycles. The molecule has 2 N–H and O–H groups in total. The molecule has 0 aromatic heterocycles. The van der Waals surface area contributed by atoms with Gasteiger partial charge in [-0.25, -0.2) is 8.78 Å². The third-order valence-corrected chi connectivity index (χ3v) is 4.35. The summed E-state index contributed by atoms with van der Waals surface area (Å²) in [6.07, 6.45) is 2.50. The monoisotopic (exact) mass is 296 g/mol. The molecule has 5 heteroatoms. The van der Waals surface area contributed by atoms with Crippen LogP contribution in [0.5, 0.6) is 0 Å². The molecule has 1 atom stereocenters. The third-order valence-electron chi connectivity index (χ3n) is 4.35. The summed E-state index contributed by atoms with van der Waals surface area (Å²) in [6, 6.07) is 3.63. The van der Waals surface area contributed by atoms with Gasteiger partial charge in [0.1, 0.15) is 11.6 Å². The summed E-state index contributed by atoms with van der Waals surface area (Å²) in [7, 11) is 0. The maximum atomic E-state index is 13.8. The van der Waals surface area contributed by atoms with Gasteiger partial charge >= 0.3 is 0 Å². The summed E-state index contributed by atoms with van der Waals surface area (Å²) in [5.41, 5.74) is 5.46. The Bertz CT molecular complexity index is 525. The average Bonchev–Trinajstić information content (AvgIpc) is 3.29. The molecule has 1 amide bonds. The van der Waals surface area contributed by atoms with Crippen molar-refractivity contribution in [1.82, 2.24) is 4.90 Å². The number of nitrogens with two attached hydrogens (primary N) is 1. The van der Waals surface area contributed by atoms with E-state index in [0.29, 0.717) is 12.0 Å². The van der Waals surface area contributed by atoms with E-state index in [-0.39, 0.29) is 25.0 Å². The van der Waals surface area contributed by atoms with E-state index >= 15 is 0 Å². The highest BCUT2D eigenvalue weighted by atomic mass is 19.1. The molecule has 1 unspecified atom stereocenters. The summed E-state index contributed by atoms with van der Waals surface area (Å²) in [4.78, 5) is 14.4. The quantitative estimate of drug-likeness (QED) is 0.877. The second kappa shape index (κ2) is 6.10. The second-order valence-electron chi connectivity index (χ2n) is 6.02. The number of hydrogen-bond acceptors (Lipinski definition) is 2. The second-order valence-corrected chi connectivity index (χ2v) is 6.02. The lowest BCUT2D eigenvalue weighted by Gasteiger charge is -2.33. The van der Waals surface area contributed by atoms with E-state index in [0.717, 1.165) is 18.9 Å². The van der Waals surface area contributed by atoms with E-state index in [2.05, 4.69) is 0 Å². The van der Waals surface area contributed by atoms with Crippen LogP contribution in [0.15, 0.2) is 18.2 Å². The van der Waals surface area contributed by atoms with E-state index in [1.807, 2.05) is 13.8 Å². The molecule has 0 heterocycles. The van der Waals surface area contributed by atoms with E-state index in [1.54, 1.807) is 4.90 Å². The van der Waals surface area contributed by atoms with Gasteiger partial charge in [0.15, 0.2) is 0 Å². The van der Waals surface area contributed by atoms with Gasteiger partial charge in [-0.05, 0) is 32.3 Å². The zero-order chi connectivity index (χ0) is 15.6. The lowest BCUT2D eigenvalue weighted by Crippen LogP contribution is -2.46. The molecule has 0 bridgehead atoms. The average molecular weight is 296 g/mol. The lowest BCUT2D eigenvalue weighted by atomic mass is 9.85. The van der Waals surface area contributed by atoms with Crippen LogP contribution < -0.4 is 5.73 Å². The molecule has 21 heavy (non-hydrogen) atoms. The number of carbonyl (C=O) groups excluding carboxylic acids is 1. The molecule has 3 nitrogen and oxygen atoms in total. The summed E-state index contributed by atoms with van der Waals surface area (Å²) in [5.74, 6) is -1.26. The minimum absolute atomic E-state index is 0.0428. The smallest absolute Gasteiger partial charge is 0.230 e. The van der Waals surface area contributed by atoms with Crippen LogP contribution in [-0.2, 0) is 11.3 Å². The summed E-state index contributed by atoms with van der Waals surface area (Å²) in [6.45, 7) is 4.20. The predicted octanol–water partition coefficient (Wildman–Crippen LogP) is 2.83. The lowest BCUT2D eigenvalue weighted by molar-refractivity contribution is -0.142. The molecule has 1 aromatic rings. The fourth-order valence-electron chi connectivity index (χ4n) is 2.32. The van der Waals surface area contributed by atoms with Crippen molar-refractivity contribution in [2.75, 3.05) is 6.54 Å². The largest absolute Gasteiger partial charge is 0.335 e. The zero-order valence-corrected chi connectivity index (χ0v) is 12.5. The first-order valence-electron chi connectivity index (χ1n) is 7.36. The number of nitrogens with zero attached hydrogens (tertiary/aromatic N) is 1. The van der Waals surface area contributed by atoms with Gasteiger partial charge in [-0.1, -0.05) is 13.0 Å². The van der Waals surface area contributed by atoms with Crippen LogP contribution in [0, 0.1) is 17.0 Å². The van der Waals surface area contributed by atoms with Crippen molar-refractivity contribution < 1.29 is 13.6 Å². The van der Waals surface area contributed by atoms with Crippen molar-refractivity contribution >= 4 is 5.91 Å². The fraction of sp³-hybridized carbons (Fsp3) is 0.562. The summed E-state index contributed by atoms with van der Waals surface area (Å²) >= 11 is 0. The normalized spacial score (nSPS) is 17.4. The Morgan fingerprint density at radius 3 is 2.57 bits per heavy atom. The molecule has 0 aliphatic heterocycles. The van der Waals surface area contributed by atoms with E-state index in [1.165, 1.54) is 12.1 Å². The SMILES string of the molecule is CCC(C)(CN)C(=O)N(Cc1ccc(F)cc1F)C1CC1. The molecule has 1 aliphatic rings. The highest BCUT2D eigenvalue weighted by molar-refractivity contribution is 5.83. The number of rotatable bonds is 6. The van der Waals surface area contributed by atoms with Crippen molar-refractivity contribution in [1.29, 1.82) is 0 Å². The number of hydrogen-bond donors (Lipinski definition) is 1. The topological polar surface area (TPSA) is 46.3 Å². The van der Waals surface area contributed by atoms with Gasteiger partial charge in [-0.2, -0.15) is 0 Å². The van der Waals surface area contributed by atoms with Crippen LogP contribution in [0.4, 0.5) is 8.78 Å². The summed E-state index contributed by atoms with van der Waals surface area (Å²) in [5, 5.41) is 0. The highest BCUT2D eigenvalue weighted by Gasteiger charge is 2.40. The van der Waals surface area contributed by atoms with Gasteiger partial charge in [-0.3, -0.25) is 4.79 Å². The van der Waals surface area contributed by atoms with Crippen LogP contribution in [0.1, 0.15) is 38.7 Å². The number of benzene rings is 1. The third kappa shape index (κ3) is 3.40. The molecule has 116 valence electrons. The van der Waals surface area contributed by atoms with Crippen LogP contribution in [0.3, 0.4) is 0 Å². The molecule has 1 fully saturated rings. The molecular weight excluding hydrogens is 274 g/mol. The Hall–Kier alpha value is -1.49.